The average Bonchev–Trinajstić information content (AvgIpc) is 2.56. The molecular weight excluding hydrogens is 188 g/mol. The van der Waals surface area contributed by atoms with E-state index in [-0.39, 0.29) is 0 Å². The smallest absolute Gasteiger partial charge is 0.172 e. The van der Waals surface area contributed by atoms with Gasteiger partial charge in [-0.15, -0.1) is 0 Å². The third-order valence-corrected chi connectivity index (χ3v) is 2.46. The molecule has 0 N–H and O–H groups in total. The average molecular weight is 204 g/mol. The normalized spacial score (nSPS) is 11.9. The van der Waals surface area contributed by atoms with Gasteiger partial charge in [-0.2, -0.15) is 5.10 Å². The highest BCUT2D eigenvalue weighted by Crippen LogP contribution is 2.25. The van der Waals surface area contributed by atoms with E-state index in [2.05, 4.69) is 42.8 Å². The van der Waals surface area contributed by atoms with Gasteiger partial charge in [0.2, 0.25) is 0 Å². The fourth-order valence-electron chi connectivity index (χ4n) is 1.81. The van der Waals surface area contributed by atoms with Crippen LogP contribution in [0.2, 0.25) is 0 Å². The lowest BCUT2D eigenvalue weighted by molar-refractivity contribution is 0.714. The zero-order valence-corrected chi connectivity index (χ0v) is 9.60. The van der Waals surface area contributed by atoms with Gasteiger partial charge in [0.15, 0.2) is 5.65 Å². The topological polar surface area (TPSA) is 43.1 Å². The second-order valence-electron chi connectivity index (χ2n) is 4.37. The molecule has 0 aliphatic heterocycles. The van der Waals surface area contributed by atoms with E-state index < -0.39 is 0 Å². The molecule has 0 radical (unpaired) electrons. The number of nitrogens with zero attached hydrogens (tertiary/aromatic N) is 4. The summed E-state index contributed by atoms with van der Waals surface area (Å²) >= 11 is 0. The van der Waals surface area contributed by atoms with Crippen LogP contribution >= 0.6 is 0 Å². The second kappa shape index (κ2) is 3.61. The third kappa shape index (κ3) is 1.60. The van der Waals surface area contributed by atoms with Crippen LogP contribution in [0.1, 0.15) is 50.9 Å². The van der Waals surface area contributed by atoms with Crippen LogP contribution in [0.5, 0.6) is 0 Å². The van der Waals surface area contributed by atoms with Gasteiger partial charge >= 0.3 is 0 Å². The monoisotopic (exact) mass is 204 g/mol. The SMILES string of the molecule is CC(C)c1nc2cncnn2c1C(C)C. The van der Waals surface area contributed by atoms with Crippen molar-refractivity contribution in [1.29, 1.82) is 0 Å². The van der Waals surface area contributed by atoms with Crippen LogP contribution in [0.4, 0.5) is 0 Å². The van der Waals surface area contributed by atoms with Crippen LogP contribution < -0.4 is 0 Å². The van der Waals surface area contributed by atoms with Crippen molar-refractivity contribution in [2.24, 2.45) is 0 Å². The summed E-state index contributed by atoms with van der Waals surface area (Å²) in [5.74, 6) is 0.844. The van der Waals surface area contributed by atoms with Gasteiger partial charge < -0.3 is 0 Å². The van der Waals surface area contributed by atoms with E-state index in [0.717, 1.165) is 11.3 Å². The maximum atomic E-state index is 4.57. The van der Waals surface area contributed by atoms with Crippen molar-refractivity contribution in [2.75, 3.05) is 0 Å². The summed E-state index contributed by atoms with van der Waals surface area (Å²) in [7, 11) is 0. The first-order valence-electron chi connectivity index (χ1n) is 5.29. The van der Waals surface area contributed by atoms with Crippen molar-refractivity contribution in [3.8, 4) is 0 Å². The summed E-state index contributed by atoms with van der Waals surface area (Å²) in [4.78, 5) is 8.56. The molecule has 0 aliphatic rings. The summed E-state index contributed by atoms with van der Waals surface area (Å²) in [6, 6.07) is 0. The molecule has 0 atom stereocenters. The van der Waals surface area contributed by atoms with Crippen molar-refractivity contribution in [1.82, 2.24) is 19.6 Å². The Morgan fingerprint density at radius 3 is 2.47 bits per heavy atom. The van der Waals surface area contributed by atoms with E-state index in [9.17, 15) is 0 Å². The van der Waals surface area contributed by atoms with Crippen molar-refractivity contribution < 1.29 is 0 Å². The maximum Gasteiger partial charge on any atom is 0.172 e. The van der Waals surface area contributed by atoms with Crippen LogP contribution in [-0.4, -0.2) is 19.6 Å². The van der Waals surface area contributed by atoms with Crippen molar-refractivity contribution in [2.45, 2.75) is 39.5 Å². The first-order chi connectivity index (χ1) is 7.11. The molecule has 0 saturated heterocycles. The highest BCUT2D eigenvalue weighted by molar-refractivity contribution is 5.41. The summed E-state index contributed by atoms with van der Waals surface area (Å²) in [6.45, 7) is 8.64. The standard InChI is InChI=1S/C11H16N4/c1-7(2)10-11(8(3)4)15-9(14-10)5-12-6-13-15/h5-8H,1-4H3. The fourth-order valence-corrected chi connectivity index (χ4v) is 1.81. The van der Waals surface area contributed by atoms with Gasteiger partial charge in [-0.1, -0.05) is 27.7 Å². The van der Waals surface area contributed by atoms with Crippen molar-refractivity contribution >= 4 is 5.65 Å². The lowest BCUT2D eigenvalue weighted by Crippen LogP contribution is -2.03. The van der Waals surface area contributed by atoms with Crippen LogP contribution in [0.15, 0.2) is 12.5 Å². The van der Waals surface area contributed by atoms with Gasteiger partial charge in [-0.3, -0.25) is 0 Å². The number of hydrogen-bond acceptors (Lipinski definition) is 3. The lowest BCUT2D eigenvalue weighted by Gasteiger charge is -2.08. The number of hydrogen-bond donors (Lipinski definition) is 0. The molecule has 15 heavy (non-hydrogen) atoms. The molecule has 4 nitrogen and oxygen atoms in total. The summed E-state index contributed by atoms with van der Waals surface area (Å²) in [5, 5.41) is 4.25. The number of aromatic nitrogens is 4. The van der Waals surface area contributed by atoms with Crippen LogP contribution in [0.25, 0.3) is 5.65 Å². The molecule has 0 fully saturated rings. The summed E-state index contributed by atoms with van der Waals surface area (Å²) < 4.78 is 1.90. The highest BCUT2D eigenvalue weighted by Gasteiger charge is 2.18. The Balaban J connectivity index is 2.75. The first kappa shape index (κ1) is 10.1. The molecule has 0 spiro atoms. The largest absolute Gasteiger partial charge is 0.239 e. The molecule has 0 amide bonds. The van der Waals surface area contributed by atoms with Crippen molar-refractivity contribution in [3.63, 3.8) is 0 Å². The third-order valence-electron chi connectivity index (χ3n) is 2.46. The van der Waals surface area contributed by atoms with Gasteiger partial charge in [0, 0.05) is 0 Å². The zero-order chi connectivity index (χ0) is 11.0. The Morgan fingerprint density at radius 1 is 1.13 bits per heavy atom. The Bertz CT molecular complexity index is 470. The minimum absolute atomic E-state index is 0.420. The van der Waals surface area contributed by atoms with Crippen LogP contribution in [0.3, 0.4) is 0 Å². The molecule has 0 saturated carbocycles. The van der Waals surface area contributed by atoms with Gasteiger partial charge in [-0.05, 0) is 11.8 Å². The van der Waals surface area contributed by atoms with Gasteiger partial charge in [0.05, 0.1) is 17.6 Å². The predicted molar refractivity (Wildman–Crippen MR) is 59.0 cm³/mol. The molecule has 2 aromatic rings. The summed E-state index contributed by atoms with van der Waals surface area (Å²) in [5.41, 5.74) is 3.16. The Kier molecular flexibility index (Phi) is 2.42. The lowest BCUT2D eigenvalue weighted by atomic mass is 10.0. The number of rotatable bonds is 2. The van der Waals surface area contributed by atoms with Gasteiger partial charge in [-0.25, -0.2) is 14.5 Å². The van der Waals surface area contributed by atoms with Gasteiger partial charge in [0.25, 0.3) is 0 Å². The Hall–Kier alpha value is -1.45. The van der Waals surface area contributed by atoms with E-state index in [4.69, 9.17) is 0 Å². The molecule has 2 aromatic heterocycles. The number of fused-ring (bicyclic) bond motifs is 1. The molecule has 2 rings (SSSR count). The quantitative estimate of drug-likeness (QED) is 0.754. The molecule has 80 valence electrons. The van der Waals surface area contributed by atoms with Crippen molar-refractivity contribution in [3.05, 3.63) is 23.9 Å². The molecule has 0 unspecified atom stereocenters. The second-order valence-corrected chi connectivity index (χ2v) is 4.37. The van der Waals surface area contributed by atoms with E-state index in [1.807, 2.05) is 4.52 Å². The van der Waals surface area contributed by atoms with Gasteiger partial charge in [0.1, 0.15) is 6.33 Å². The molecule has 4 heteroatoms. The van der Waals surface area contributed by atoms with E-state index in [1.54, 1.807) is 12.5 Å². The minimum Gasteiger partial charge on any atom is -0.239 e. The molecule has 0 aromatic carbocycles. The van der Waals surface area contributed by atoms with Crippen LogP contribution in [0, 0.1) is 0 Å². The first-order valence-corrected chi connectivity index (χ1v) is 5.29. The van der Waals surface area contributed by atoms with E-state index >= 15 is 0 Å². The minimum atomic E-state index is 0.420. The van der Waals surface area contributed by atoms with Crippen LogP contribution in [-0.2, 0) is 0 Å². The van der Waals surface area contributed by atoms with E-state index in [0.29, 0.717) is 11.8 Å². The molecule has 0 bridgehead atoms. The highest BCUT2D eigenvalue weighted by atomic mass is 15.3. The zero-order valence-electron chi connectivity index (χ0n) is 9.60. The predicted octanol–water partition coefficient (Wildman–Crippen LogP) is 2.37. The summed E-state index contributed by atoms with van der Waals surface area (Å²) in [6.07, 6.45) is 3.31. The molecule has 2 heterocycles. The number of imidazole rings is 1. The Labute approximate surface area is 89.4 Å². The molecular formula is C11H16N4. The fraction of sp³-hybridized carbons (Fsp3) is 0.545. The molecule has 0 aliphatic carbocycles. The van der Waals surface area contributed by atoms with E-state index in [1.165, 1.54) is 5.69 Å². The Morgan fingerprint density at radius 2 is 1.87 bits per heavy atom. The maximum absolute atomic E-state index is 4.57.